The second-order valence-electron chi connectivity index (χ2n) is 3.88. The van der Waals surface area contributed by atoms with E-state index in [2.05, 4.69) is 20.7 Å². The molecule has 0 aliphatic carbocycles. The maximum Gasteiger partial charge on any atom is 0.354 e. The Kier molecular flexibility index (Phi) is 4.15. The molecule has 1 saturated heterocycles. The standard InChI is InChI=1S/C9H14N6O2S/c10-14-9-7(15(16)17)8(11-5-12-9)13-6-2-1-3-18-4-6/h5-6H,1-4,10H2,(H2,11,12,13,14). The summed E-state index contributed by atoms with van der Waals surface area (Å²) in [6.07, 6.45) is 3.34. The van der Waals surface area contributed by atoms with Gasteiger partial charge in [0.2, 0.25) is 11.6 Å². The van der Waals surface area contributed by atoms with E-state index in [1.807, 2.05) is 11.8 Å². The summed E-state index contributed by atoms with van der Waals surface area (Å²) in [6, 6.07) is 0.197. The van der Waals surface area contributed by atoms with E-state index in [0.29, 0.717) is 0 Å². The second kappa shape index (κ2) is 5.83. The van der Waals surface area contributed by atoms with E-state index in [9.17, 15) is 10.1 Å². The Balaban J connectivity index is 2.23. The molecule has 0 saturated carbocycles. The zero-order chi connectivity index (χ0) is 13.0. The third kappa shape index (κ3) is 2.79. The normalized spacial score (nSPS) is 19.3. The number of nitro groups is 1. The lowest BCUT2D eigenvalue weighted by Gasteiger charge is -2.22. The third-order valence-electron chi connectivity index (χ3n) is 2.64. The highest BCUT2D eigenvalue weighted by molar-refractivity contribution is 7.99. The number of nitrogens with two attached hydrogens (primary N) is 1. The summed E-state index contributed by atoms with van der Waals surface area (Å²) in [5, 5.41) is 14.1. The number of thioether (sulfide) groups is 1. The van der Waals surface area contributed by atoms with Crippen molar-refractivity contribution in [3.05, 3.63) is 16.4 Å². The van der Waals surface area contributed by atoms with Crippen LogP contribution in [0, 0.1) is 10.1 Å². The number of rotatable bonds is 4. The number of hydrazine groups is 1. The highest BCUT2D eigenvalue weighted by atomic mass is 32.2. The molecule has 9 heteroatoms. The molecule has 1 aliphatic heterocycles. The van der Waals surface area contributed by atoms with Crippen molar-refractivity contribution >= 4 is 29.1 Å². The summed E-state index contributed by atoms with van der Waals surface area (Å²) in [4.78, 5) is 18.2. The van der Waals surface area contributed by atoms with Crippen molar-refractivity contribution < 1.29 is 4.92 Å². The Labute approximate surface area is 108 Å². The molecule has 8 nitrogen and oxygen atoms in total. The largest absolute Gasteiger partial charge is 0.361 e. The molecular weight excluding hydrogens is 256 g/mol. The van der Waals surface area contributed by atoms with Crippen molar-refractivity contribution in [1.29, 1.82) is 0 Å². The first kappa shape index (κ1) is 12.8. The first-order chi connectivity index (χ1) is 8.72. The molecule has 1 fully saturated rings. The molecule has 0 spiro atoms. The zero-order valence-electron chi connectivity index (χ0n) is 9.63. The van der Waals surface area contributed by atoms with Gasteiger partial charge in [0.1, 0.15) is 6.33 Å². The molecule has 18 heavy (non-hydrogen) atoms. The van der Waals surface area contributed by atoms with E-state index in [-0.39, 0.29) is 23.4 Å². The van der Waals surface area contributed by atoms with Gasteiger partial charge in [-0.2, -0.15) is 11.8 Å². The van der Waals surface area contributed by atoms with Crippen LogP contribution in [-0.4, -0.2) is 32.4 Å². The van der Waals surface area contributed by atoms with Gasteiger partial charge in [-0.05, 0) is 18.6 Å². The van der Waals surface area contributed by atoms with Crippen LogP contribution in [0.1, 0.15) is 12.8 Å². The van der Waals surface area contributed by atoms with Gasteiger partial charge in [-0.15, -0.1) is 0 Å². The van der Waals surface area contributed by atoms with Gasteiger partial charge >= 0.3 is 5.69 Å². The van der Waals surface area contributed by atoms with Gasteiger partial charge < -0.3 is 10.7 Å². The van der Waals surface area contributed by atoms with Crippen LogP contribution in [0.4, 0.5) is 17.3 Å². The van der Waals surface area contributed by atoms with E-state index in [1.165, 1.54) is 6.33 Å². The van der Waals surface area contributed by atoms with E-state index < -0.39 is 4.92 Å². The number of aromatic nitrogens is 2. The number of nitrogens with one attached hydrogen (secondary N) is 2. The first-order valence-electron chi connectivity index (χ1n) is 5.52. The van der Waals surface area contributed by atoms with E-state index in [1.54, 1.807) is 0 Å². The summed E-state index contributed by atoms with van der Waals surface area (Å²) in [5.41, 5.74) is 2.00. The average Bonchev–Trinajstić information content (AvgIpc) is 2.39. The predicted molar refractivity (Wildman–Crippen MR) is 70.5 cm³/mol. The van der Waals surface area contributed by atoms with Crippen LogP contribution in [0.5, 0.6) is 0 Å². The minimum Gasteiger partial charge on any atom is -0.361 e. The molecule has 1 aromatic rings. The molecule has 4 N–H and O–H groups in total. The highest BCUT2D eigenvalue weighted by Gasteiger charge is 2.25. The maximum absolute atomic E-state index is 11.0. The fraction of sp³-hybridized carbons (Fsp3) is 0.556. The van der Waals surface area contributed by atoms with Gasteiger partial charge in [-0.3, -0.25) is 10.1 Å². The second-order valence-corrected chi connectivity index (χ2v) is 5.03. The minimum absolute atomic E-state index is 0.0148. The van der Waals surface area contributed by atoms with Crippen LogP contribution in [-0.2, 0) is 0 Å². The molecule has 2 heterocycles. The lowest BCUT2D eigenvalue weighted by atomic mass is 10.2. The van der Waals surface area contributed by atoms with Crippen molar-refractivity contribution in [2.75, 3.05) is 22.2 Å². The van der Waals surface area contributed by atoms with Crippen molar-refractivity contribution in [2.45, 2.75) is 18.9 Å². The third-order valence-corrected chi connectivity index (χ3v) is 3.86. The highest BCUT2D eigenvalue weighted by Crippen LogP contribution is 2.30. The quantitative estimate of drug-likeness (QED) is 0.421. The van der Waals surface area contributed by atoms with Crippen LogP contribution >= 0.6 is 11.8 Å². The fourth-order valence-electron chi connectivity index (χ4n) is 1.81. The molecule has 1 aromatic heterocycles. The molecule has 1 aliphatic rings. The molecule has 98 valence electrons. The molecule has 0 radical (unpaired) electrons. The molecule has 1 atom stereocenters. The van der Waals surface area contributed by atoms with E-state index in [0.717, 1.165) is 24.3 Å². The zero-order valence-corrected chi connectivity index (χ0v) is 10.4. The Bertz CT molecular complexity index is 437. The summed E-state index contributed by atoms with van der Waals surface area (Å²) < 4.78 is 0. The maximum atomic E-state index is 11.0. The Morgan fingerprint density at radius 2 is 2.28 bits per heavy atom. The molecule has 0 bridgehead atoms. The summed E-state index contributed by atoms with van der Waals surface area (Å²) in [5.74, 6) is 7.51. The van der Waals surface area contributed by atoms with Gasteiger partial charge in [0.15, 0.2) is 0 Å². The summed E-state index contributed by atoms with van der Waals surface area (Å²) >= 11 is 1.83. The SMILES string of the molecule is NNc1ncnc(NC2CCCSC2)c1[N+](=O)[O-]. The van der Waals surface area contributed by atoms with Crippen molar-refractivity contribution in [3.63, 3.8) is 0 Å². The number of hydrogen-bond donors (Lipinski definition) is 3. The predicted octanol–water partition coefficient (Wildman–Crippen LogP) is 0.978. The number of nitrogen functional groups attached to an aromatic ring is 1. The first-order valence-corrected chi connectivity index (χ1v) is 6.68. The topological polar surface area (TPSA) is 119 Å². The van der Waals surface area contributed by atoms with Gasteiger partial charge in [0.05, 0.1) is 4.92 Å². The van der Waals surface area contributed by atoms with Gasteiger partial charge in [-0.25, -0.2) is 15.8 Å². The van der Waals surface area contributed by atoms with E-state index >= 15 is 0 Å². The number of anilines is 2. The van der Waals surface area contributed by atoms with Gasteiger partial charge in [0, 0.05) is 11.8 Å². The lowest BCUT2D eigenvalue weighted by molar-refractivity contribution is -0.383. The minimum atomic E-state index is -0.534. The molecule has 1 unspecified atom stereocenters. The Morgan fingerprint density at radius 1 is 1.50 bits per heavy atom. The molecule has 0 amide bonds. The van der Waals surface area contributed by atoms with Crippen molar-refractivity contribution in [2.24, 2.45) is 5.84 Å². The van der Waals surface area contributed by atoms with Crippen LogP contribution in [0.25, 0.3) is 0 Å². The van der Waals surface area contributed by atoms with Gasteiger partial charge in [0.25, 0.3) is 0 Å². The van der Waals surface area contributed by atoms with E-state index in [4.69, 9.17) is 5.84 Å². The van der Waals surface area contributed by atoms with Crippen LogP contribution < -0.4 is 16.6 Å². The van der Waals surface area contributed by atoms with Crippen LogP contribution in [0.2, 0.25) is 0 Å². The van der Waals surface area contributed by atoms with Crippen molar-refractivity contribution in [1.82, 2.24) is 9.97 Å². The average molecular weight is 270 g/mol. The number of nitrogens with zero attached hydrogens (tertiary/aromatic N) is 3. The Morgan fingerprint density at radius 3 is 2.89 bits per heavy atom. The van der Waals surface area contributed by atoms with Crippen LogP contribution in [0.15, 0.2) is 6.33 Å². The molecular formula is C9H14N6O2S. The molecule has 0 aromatic carbocycles. The summed E-state index contributed by atoms with van der Waals surface area (Å²) in [7, 11) is 0. The van der Waals surface area contributed by atoms with Crippen LogP contribution in [0.3, 0.4) is 0 Å². The smallest absolute Gasteiger partial charge is 0.354 e. The fourth-order valence-corrected chi connectivity index (χ4v) is 2.88. The molecule has 2 rings (SSSR count). The monoisotopic (exact) mass is 270 g/mol. The number of hydrogen-bond acceptors (Lipinski definition) is 8. The van der Waals surface area contributed by atoms with Gasteiger partial charge in [-0.1, -0.05) is 0 Å². The lowest BCUT2D eigenvalue weighted by Crippen LogP contribution is -2.27. The van der Waals surface area contributed by atoms with Crippen molar-refractivity contribution in [3.8, 4) is 0 Å². The Hall–Kier alpha value is -1.61. The summed E-state index contributed by atoms with van der Waals surface area (Å²) in [6.45, 7) is 0.